The molecule has 28 heavy (non-hydrogen) atoms. The van der Waals surface area contributed by atoms with Gasteiger partial charge in [0.05, 0.1) is 18.3 Å². The molecule has 0 aliphatic carbocycles. The number of carbonyl (C=O) groups is 1. The molecule has 1 atom stereocenters. The van der Waals surface area contributed by atoms with Crippen molar-refractivity contribution in [2.75, 3.05) is 11.9 Å². The Bertz CT molecular complexity index is 898. The number of hydrogen-bond donors (Lipinski definition) is 2. The fourth-order valence-corrected chi connectivity index (χ4v) is 3.03. The average Bonchev–Trinajstić information content (AvgIpc) is 2.75. The molecule has 3 aromatic carbocycles. The molecule has 1 unspecified atom stereocenters. The van der Waals surface area contributed by atoms with Crippen molar-refractivity contribution < 1.29 is 9.53 Å². The summed E-state index contributed by atoms with van der Waals surface area (Å²) in [5, 5.41) is 6.50. The van der Waals surface area contributed by atoms with Gasteiger partial charge in [-0.25, -0.2) is 10.3 Å². The highest BCUT2D eigenvalue weighted by Crippen LogP contribution is 2.27. The summed E-state index contributed by atoms with van der Waals surface area (Å²) in [4.78, 5) is 12.2. The van der Waals surface area contributed by atoms with E-state index < -0.39 is 6.09 Å². The molecule has 5 nitrogen and oxygen atoms in total. The molecule has 3 rings (SSSR count). The molecule has 0 heterocycles. The van der Waals surface area contributed by atoms with Crippen LogP contribution in [-0.2, 0) is 4.74 Å². The van der Waals surface area contributed by atoms with Crippen LogP contribution in [0.3, 0.4) is 0 Å². The average molecular weight is 373 g/mol. The molecule has 0 radical (unpaired) electrons. The predicted octanol–water partition coefficient (Wildman–Crippen LogP) is 6.45. The maximum Gasteiger partial charge on any atom is 0.411 e. The van der Waals surface area contributed by atoms with Crippen LogP contribution in [0.2, 0.25) is 0 Å². The zero-order valence-corrected chi connectivity index (χ0v) is 15.5. The van der Waals surface area contributed by atoms with Gasteiger partial charge < -0.3 is 4.74 Å². The molecular formula is C23H23N3O2. The van der Waals surface area contributed by atoms with Crippen molar-refractivity contribution in [3.8, 4) is 11.1 Å². The van der Waals surface area contributed by atoms with Crippen molar-refractivity contribution in [1.82, 2.24) is 0 Å². The molecule has 0 aliphatic rings. The highest BCUT2D eigenvalue weighted by atomic mass is 16.5. The van der Waals surface area contributed by atoms with Crippen LogP contribution in [0, 0.1) is 5.53 Å². The smallest absolute Gasteiger partial charge is 0.411 e. The van der Waals surface area contributed by atoms with E-state index in [2.05, 4.69) is 10.4 Å². The second kappa shape index (κ2) is 10.0. The lowest BCUT2D eigenvalue weighted by molar-refractivity contribution is 0.158. The number of rotatable bonds is 8. The van der Waals surface area contributed by atoms with E-state index in [0.717, 1.165) is 16.7 Å². The van der Waals surface area contributed by atoms with Gasteiger partial charge in [0, 0.05) is 5.56 Å². The van der Waals surface area contributed by atoms with Gasteiger partial charge in [0.1, 0.15) is 0 Å². The van der Waals surface area contributed by atoms with Gasteiger partial charge >= 0.3 is 6.09 Å². The Hall–Kier alpha value is -3.47. The largest absolute Gasteiger partial charge is 0.449 e. The van der Waals surface area contributed by atoms with Gasteiger partial charge in [-0.2, -0.15) is 5.11 Å². The first-order valence-electron chi connectivity index (χ1n) is 9.27. The second-order valence-electron chi connectivity index (χ2n) is 6.37. The third-order valence-electron chi connectivity index (χ3n) is 4.44. The first kappa shape index (κ1) is 19.3. The fourth-order valence-electron chi connectivity index (χ4n) is 3.03. The maximum absolute atomic E-state index is 12.2. The number of nitrogens with one attached hydrogen (secondary N) is 2. The van der Waals surface area contributed by atoms with Crippen molar-refractivity contribution in [1.29, 1.82) is 5.53 Å². The molecule has 142 valence electrons. The second-order valence-corrected chi connectivity index (χ2v) is 6.37. The van der Waals surface area contributed by atoms with E-state index in [1.165, 1.54) is 0 Å². The third-order valence-corrected chi connectivity index (χ3v) is 4.44. The van der Waals surface area contributed by atoms with E-state index in [9.17, 15) is 4.79 Å². The Morgan fingerprint density at radius 3 is 2.29 bits per heavy atom. The van der Waals surface area contributed by atoms with Crippen LogP contribution in [0.25, 0.3) is 11.1 Å². The minimum atomic E-state index is -0.484. The third kappa shape index (κ3) is 5.27. The highest BCUT2D eigenvalue weighted by Gasteiger charge is 2.11. The number of hydrogen-bond acceptors (Lipinski definition) is 4. The number of ether oxygens (including phenoxy) is 1. The van der Waals surface area contributed by atoms with Crippen LogP contribution in [0.5, 0.6) is 0 Å². The van der Waals surface area contributed by atoms with Crippen LogP contribution in [0.1, 0.15) is 24.4 Å². The van der Waals surface area contributed by atoms with Crippen molar-refractivity contribution in [2.45, 2.75) is 18.9 Å². The summed E-state index contributed by atoms with van der Waals surface area (Å²) in [7, 11) is 0. The normalized spacial score (nSPS) is 11.4. The van der Waals surface area contributed by atoms with E-state index in [1.807, 2.05) is 84.9 Å². The first-order chi connectivity index (χ1) is 13.8. The van der Waals surface area contributed by atoms with Crippen LogP contribution >= 0.6 is 0 Å². The van der Waals surface area contributed by atoms with Crippen LogP contribution in [-0.4, -0.2) is 12.7 Å². The van der Waals surface area contributed by atoms with E-state index in [0.29, 0.717) is 18.5 Å². The van der Waals surface area contributed by atoms with Gasteiger partial charge in [0.15, 0.2) is 0 Å². The summed E-state index contributed by atoms with van der Waals surface area (Å²) in [6.45, 7) is 0.276. The molecule has 3 aromatic rings. The summed E-state index contributed by atoms with van der Waals surface area (Å²) >= 11 is 0. The first-order valence-corrected chi connectivity index (χ1v) is 9.27. The van der Waals surface area contributed by atoms with E-state index in [4.69, 9.17) is 10.3 Å². The van der Waals surface area contributed by atoms with Crippen LogP contribution in [0.15, 0.2) is 90.0 Å². The van der Waals surface area contributed by atoms with Gasteiger partial charge in [-0.1, -0.05) is 78.9 Å². The van der Waals surface area contributed by atoms with Crippen molar-refractivity contribution >= 4 is 11.8 Å². The molecule has 0 bridgehead atoms. The van der Waals surface area contributed by atoms with E-state index >= 15 is 0 Å². The van der Waals surface area contributed by atoms with E-state index in [1.54, 1.807) is 0 Å². The van der Waals surface area contributed by atoms with E-state index in [-0.39, 0.29) is 12.6 Å². The zero-order chi connectivity index (χ0) is 19.6. The molecule has 0 saturated heterocycles. The monoisotopic (exact) mass is 373 g/mol. The Balaban J connectivity index is 1.51. The lowest BCUT2D eigenvalue weighted by Crippen LogP contribution is -2.15. The number of carbonyl (C=O) groups excluding carboxylic acids is 1. The van der Waals surface area contributed by atoms with Gasteiger partial charge in [0.25, 0.3) is 0 Å². The minimum Gasteiger partial charge on any atom is -0.449 e. The maximum atomic E-state index is 12.2. The van der Waals surface area contributed by atoms with Gasteiger partial charge in [-0.05, 0) is 30.0 Å². The summed E-state index contributed by atoms with van der Waals surface area (Å²) in [5.41, 5.74) is 11.1. The lowest BCUT2D eigenvalue weighted by atomic mass is 10.0. The number of benzene rings is 3. The fraction of sp³-hybridized carbons (Fsp3) is 0.174. The summed E-state index contributed by atoms with van der Waals surface area (Å²) in [5.74, 6) is 0. The van der Waals surface area contributed by atoms with Crippen LogP contribution < -0.4 is 5.32 Å². The molecule has 0 saturated carbocycles. The van der Waals surface area contributed by atoms with Crippen molar-refractivity contribution in [2.24, 2.45) is 5.11 Å². The minimum absolute atomic E-state index is 0.202. The topological polar surface area (TPSA) is 74.5 Å². The van der Waals surface area contributed by atoms with Crippen molar-refractivity contribution in [3.05, 3.63) is 90.5 Å². The Morgan fingerprint density at radius 1 is 0.929 bits per heavy atom. The Labute approximate surface area is 164 Å². The highest BCUT2D eigenvalue weighted by molar-refractivity contribution is 5.91. The number of para-hydroxylation sites is 1. The molecule has 5 heteroatoms. The Morgan fingerprint density at radius 2 is 1.57 bits per heavy atom. The number of nitrogens with zero attached hydrogens (tertiary/aromatic N) is 1. The molecule has 0 aromatic heterocycles. The zero-order valence-electron chi connectivity index (χ0n) is 15.5. The lowest BCUT2D eigenvalue weighted by Gasteiger charge is -2.13. The SMILES string of the molecule is N=NC(CCCOC(=O)Nc1ccccc1-c1ccccc1)c1ccccc1. The van der Waals surface area contributed by atoms with Gasteiger partial charge in [0.2, 0.25) is 0 Å². The number of amides is 1. The predicted molar refractivity (Wildman–Crippen MR) is 110 cm³/mol. The quantitative estimate of drug-likeness (QED) is 0.351. The standard InChI is InChI=1S/C23H23N3O2/c24-26-21(19-12-5-2-6-13-19)16-9-17-28-23(27)25-22-15-8-7-14-20(22)18-10-3-1-4-11-18/h1-8,10-15,21,24H,9,16-17H2,(H,25,27). The summed E-state index contributed by atoms with van der Waals surface area (Å²) < 4.78 is 5.31. The summed E-state index contributed by atoms with van der Waals surface area (Å²) in [6, 6.07) is 27.0. The molecule has 0 fully saturated rings. The van der Waals surface area contributed by atoms with Gasteiger partial charge in [-0.3, -0.25) is 5.32 Å². The van der Waals surface area contributed by atoms with Gasteiger partial charge in [-0.15, -0.1) is 0 Å². The molecule has 0 spiro atoms. The number of anilines is 1. The molecule has 2 N–H and O–H groups in total. The molecule has 0 aliphatic heterocycles. The summed E-state index contributed by atoms with van der Waals surface area (Å²) in [6.07, 6.45) is 0.805. The molecular weight excluding hydrogens is 350 g/mol. The Kier molecular flexibility index (Phi) is 6.90. The van der Waals surface area contributed by atoms with Crippen LogP contribution in [0.4, 0.5) is 10.5 Å². The van der Waals surface area contributed by atoms with Crippen molar-refractivity contribution in [3.63, 3.8) is 0 Å². The molecule has 1 amide bonds.